The molecule has 3 heterocycles. The molecule has 0 N–H and O–H groups in total. The maximum Gasteiger partial charge on any atom is 0.326 e. The van der Waals surface area contributed by atoms with Gasteiger partial charge in [-0.25, -0.2) is 13.2 Å². The van der Waals surface area contributed by atoms with Gasteiger partial charge in [-0.2, -0.15) is 4.31 Å². The highest BCUT2D eigenvalue weighted by Gasteiger charge is 2.45. The zero-order valence-electron chi connectivity index (χ0n) is 32.5. The lowest BCUT2D eigenvalue weighted by Gasteiger charge is -2.39. The number of aliphatic imine (C=N–C) groups is 1. The molecule has 3 aliphatic rings. The summed E-state index contributed by atoms with van der Waals surface area (Å²) >= 11 is 12.7. The van der Waals surface area contributed by atoms with Crippen molar-refractivity contribution in [3.8, 4) is 5.75 Å². The molecule has 3 amide bonds. The molecule has 0 radical (unpaired) electrons. The number of amides is 3. The molecule has 0 aliphatic carbocycles. The summed E-state index contributed by atoms with van der Waals surface area (Å²) in [5, 5.41) is 1.08. The minimum absolute atomic E-state index is 0.000191. The fraction of sp³-hybridized carbons (Fsp3) is 0.475. The quantitative estimate of drug-likeness (QED) is 0.211. The summed E-state index contributed by atoms with van der Waals surface area (Å²) in [6.45, 7) is 6.85. The SMILES string of the molecule is CCOc1ccc(S(=O)(=O)N(CCOC)CCOC)cc1C1=NC(c2ccc(Cl)cc2)C(c2ccc(Cl)cc2)N1C(=O)N1CCN(CC(=O)N2CCOCC2)CC1. The number of urea groups is 1. The first-order valence-electron chi connectivity index (χ1n) is 19.1. The van der Waals surface area contributed by atoms with Crippen LogP contribution in [0.2, 0.25) is 10.0 Å². The van der Waals surface area contributed by atoms with Crippen molar-refractivity contribution in [2.24, 2.45) is 4.99 Å². The largest absolute Gasteiger partial charge is 0.493 e. The van der Waals surface area contributed by atoms with Crippen LogP contribution in [0.5, 0.6) is 5.75 Å². The van der Waals surface area contributed by atoms with Gasteiger partial charge in [-0.1, -0.05) is 47.5 Å². The van der Waals surface area contributed by atoms with Crippen LogP contribution in [-0.2, 0) is 29.0 Å². The zero-order chi connectivity index (χ0) is 40.5. The van der Waals surface area contributed by atoms with E-state index in [0.29, 0.717) is 73.8 Å². The number of hydrogen-bond acceptors (Lipinski definition) is 10. The predicted octanol–water partition coefficient (Wildman–Crippen LogP) is 4.82. The van der Waals surface area contributed by atoms with Crippen molar-refractivity contribution in [2.75, 3.05) is 106 Å². The Bertz CT molecular complexity index is 1970. The van der Waals surface area contributed by atoms with Gasteiger partial charge in [0.25, 0.3) is 0 Å². The van der Waals surface area contributed by atoms with E-state index < -0.39 is 22.1 Å². The van der Waals surface area contributed by atoms with Gasteiger partial charge in [-0.15, -0.1) is 0 Å². The number of carbonyl (C=O) groups excluding carboxylic acids is 2. The lowest BCUT2D eigenvalue weighted by atomic mass is 9.93. The van der Waals surface area contributed by atoms with Gasteiger partial charge in [0.1, 0.15) is 17.6 Å². The minimum Gasteiger partial charge on any atom is -0.493 e. The molecule has 14 nitrogen and oxygen atoms in total. The number of piperazine rings is 1. The summed E-state index contributed by atoms with van der Waals surface area (Å²) in [4.78, 5) is 40.8. The van der Waals surface area contributed by atoms with Gasteiger partial charge >= 0.3 is 6.03 Å². The number of morpholine rings is 1. The van der Waals surface area contributed by atoms with E-state index in [1.54, 1.807) is 40.1 Å². The second kappa shape index (κ2) is 19.8. The smallest absolute Gasteiger partial charge is 0.326 e. The van der Waals surface area contributed by atoms with Crippen molar-refractivity contribution < 1.29 is 37.0 Å². The van der Waals surface area contributed by atoms with Crippen LogP contribution in [0, 0.1) is 0 Å². The first-order chi connectivity index (χ1) is 27.5. The standard InChI is InChI=1S/C40H50Cl2N6O8S/c1-4-56-35-14-13-33(57(51,52)47(21-23-53-2)22-24-54-3)27-34(35)39-43-37(29-5-9-31(41)10-6-29)38(30-7-11-32(42)12-8-30)48(39)40(50)46-17-15-44(16-18-46)28-36(49)45-19-25-55-26-20-45/h5-14,27,37-38H,4,15-26,28H2,1-3H3. The fourth-order valence-electron chi connectivity index (χ4n) is 7.22. The second-order valence-corrected chi connectivity index (χ2v) is 16.6. The molecule has 3 aromatic rings. The molecule has 308 valence electrons. The Kier molecular flexibility index (Phi) is 14.8. The third-order valence-corrected chi connectivity index (χ3v) is 12.7. The number of rotatable bonds is 15. The average molecular weight is 846 g/mol. The molecule has 3 aromatic carbocycles. The normalized spacial score (nSPS) is 19.3. The molecule has 2 saturated heterocycles. The van der Waals surface area contributed by atoms with E-state index in [2.05, 4.69) is 4.90 Å². The molecule has 2 fully saturated rings. The van der Waals surface area contributed by atoms with Crippen molar-refractivity contribution in [3.05, 3.63) is 93.5 Å². The Morgan fingerprint density at radius 2 is 1.42 bits per heavy atom. The van der Waals surface area contributed by atoms with Gasteiger partial charge in [-0.3, -0.25) is 19.6 Å². The number of ether oxygens (including phenoxy) is 4. The minimum atomic E-state index is -4.08. The molecule has 57 heavy (non-hydrogen) atoms. The van der Waals surface area contributed by atoms with E-state index >= 15 is 4.79 Å². The van der Waals surface area contributed by atoms with Crippen LogP contribution in [0.1, 0.15) is 35.7 Å². The molecule has 0 spiro atoms. The van der Waals surface area contributed by atoms with E-state index in [-0.39, 0.29) is 62.1 Å². The average Bonchev–Trinajstić information content (AvgIpc) is 3.62. The van der Waals surface area contributed by atoms with E-state index in [4.69, 9.17) is 47.1 Å². The van der Waals surface area contributed by atoms with Gasteiger partial charge in [-0.05, 0) is 60.5 Å². The summed E-state index contributed by atoms with van der Waals surface area (Å²) in [7, 11) is -1.05. The lowest BCUT2D eigenvalue weighted by molar-refractivity contribution is -0.136. The summed E-state index contributed by atoms with van der Waals surface area (Å²) in [6.07, 6.45) is 0. The van der Waals surface area contributed by atoms with Crippen molar-refractivity contribution in [3.63, 3.8) is 0 Å². The van der Waals surface area contributed by atoms with Crippen LogP contribution in [0.25, 0.3) is 0 Å². The highest BCUT2D eigenvalue weighted by molar-refractivity contribution is 7.89. The number of amidine groups is 1. The summed E-state index contributed by atoms with van der Waals surface area (Å²) in [6, 6.07) is 17.6. The van der Waals surface area contributed by atoms with Gasteiger partial charge in [0.15, 0.2) is 0 Å². The topological polar surface area (TPSA) is 134 Å². The highest BCUT2D eigenvalue weighted by Crippen LogP contribution is 2.46. The monoisotopic (exact) mass is 844 g/mol. The fourth-order valence-corrected chi connectivity index (χ4v) is 8.91. The van der Waals surface area contributed by atoms with Gasteiger partial charge in [0.2, 0.25) is 15.9 Å². The molecule has 0 saturated carbocycles. The Labute approximate surface area is 344 Å². The van der Waals surface area contributed by atoms with Crippen molar-refractivity contribution in [1.29, 1.82) is 0 Å². The Hall–Kier alpha value is -3.80. The molecule has 0 bridgehead atoms. The molecule has 2 unspecified atom stereocenters. The molecule has 17 heteroatoms. The number of hydrogen-bond donors (Lipinski definition) is 0. The molecule has 6 rings (SSSR count). The Balaban J connectivity index is 1.42. The Morgan fingerprint density at radius 3 is 2.00 bits per heavy atom. The van der Waals surface area contributed by atoms with Crippen LogP contribution >= 0.6 is 23.2 Å². The number of benzene rings is 3. The number of carbonyl (C=O) groups is 2. The molecule has 2 atom stereocenters. The van der Waals surface area contributed by atoms with Gasteiger partial charge in [0.05, 0.1) is 56.1 Å². The molecular weight excluding hydrogens is 795 g/mol. The maximum atomic E-state index is 15.2. The van der Waals surface area contributed by atoms with Crippen molar-refractivity contribution >= 4 is 51.0 Å². The third kappa shape index (κ3) is 10.1. The van der Waals surface area contributed by atoms with Crippen LogP contribution < -0.4 is 4.74 Å². The van der Waals surface area contributed by atoms with E-state index in [9.17, 15) is 13.2 Å². The summed E-state index contributed by atoms with van der Waals surface area (Å²) in [5.74, 6) is 0.666. The molecular formula is C40H50Cl2N6O8S. The molecule has 3 aliphatic heterocycles. The first kappa shape index (κ1) is 42.8. The van der Waals surface area contributed by atoms with Crippen LogP contribution in [0.3, 0.4) is 0 Å². The number of sulfonamides is 1. The number of nitrogens with zero attached hydrogens (tertiary/aromatic N) is 6. The third-order valence-electron chi connectivity index (χ3n) is 10.3. The van der Waals surface area contributed by atoms with Crippen LogP contribution in [0.15, 0.2) is 76.6 Å². The van der Waals surface area contributed by atoms with Crippen molar-refractivity contribution in [1.82, 2.24) is 23.9 Å². The van der Waals surface area contributed by atoms with E-state index in [1.165, 1.54) is 30.7 Å². The highest BCUT2D eigenvalue weighted by atomic mass is 35.5. The van der Waals surface area contributed by atoms with E-state index in [1.807, 2.05) is 36.1 Å². The molecule has 0 aromatic heterocycles. The van der Waals surface area contributed by atoms with Gasteiger partial charge < -0.3 is 28.7 Å². The van der Waals surface area contributed by atoms with Gasteiger partial charge in [0, 0.05) is 76.6 Å². The number of methoxy groups -OCH3 is 2. The lowest BCUT2D eigenvalue weighted by Crippen LogP contribution is -2.56. The van der Waals surface area contributed by atoms with Crippen molar-refractivity contribution in [2.45, 2.75) is 23.9 Å². The number of halogens is 2. The second-order valence-electron chi connectivity index (χ2n) is 13.8. The first-order valence-corrected chi connectivity index (χ1v) is 21.2. The zero-order valence-corrected chi connectivity index (χ0v) is 34.8. The predicted molar refractivity (Wildman–Crippen MR) is 218 cm³/mol. The maximum absolute atomic E-state index is 15.2. The van der Waals surface area contributed by atoms with E-state index in [0.717, 1.165) is 11.1 Å². The Morgan fingerprint density at radius 1 is 0.825 bits per heavy atom. The van der Waals surface area contributed by atoms with Crippen LogP contribution in [0.4, 0.5) is 4.79 Å². The van der Waals surface area contributed by atoms with Crippen LogP contribution in [-0.4, -0.2) is 156 Å². The summed E-state index contributed by atoms with van der Waals surface area (Å²) in [5.41, 5.74) is 1.91. The summed E-state index contributed by atoms with van der Waals surface area (Å²) < 4.78 is 51.9.